The summed E-state index contributed by atoms with van der Waals surface area (Å²) in [5, 5.41) is 12.6. The third kappa shape index (κ3) is 3.53. The van der Waals surface area contributed by atoms with E-state index in [-0.39, 0.29) is 23.1 Å². The monoisotopic (exact) mass is 477 g/mol. The zero-order valence-electron chi connectivity index (χ0n) is 19.0. The van der Waals surface area contributed by atoms with Gasteiger partial charge in [-0.2, -0.15) is 5.26 Å². The molecule has 3 aliphatic rings. The summed E-state index contributed by atoms with van der Waals surface area (Å²) in [7, 11) is 1.44. The maximum absolute atomic E-state index is 13.7. The molecule has 3 heterocycles. The maximum Gasteiger partial charge on any atom is 0.263 e. The van der Waals surface area contributed by atoms with Crippen LogP contribution in [0, 0.1) is 17.2 Å². The van der Waals surface area contributed by atoms with E-state index >= 15 is 0 Å². The van der Waals surface area contributed by atoms with Gasteiger partial charge in [0.15, 0.2) is 28.3 Å². The minimum atomic E-state index is -1.26. The number of ether oxygens (including phenoxy) is 1. The van der Waals surface area contributed by atoms with Gasteiger partial charge in [0.2, 0.25) is 0 Å². The standard InChI is InChI=1S/C25H27N5O3S/c1-33-21-13-19(15-28-20(21)14-26)29-23(32)25(9-6-22(25)31)30(24(29)34)18-4-2-16(3-5-18)12-17-7-10-27-11-8-17/h2-5,13,15,17,24,27,34H,6-12H2,1H3. The van der Waals surface area contributed by atoms with Crippen molar-refractivity contribution >= 4 is 35.7 Å². The summed E-state index contributed by atoms with van der Waals surface area (Å²) in [6, 6.07) is 11.7. The van der Waals surface area contributed by atoms with Crippen LogP contribution < -0.4 is 19.9 Å². The molecule has 1 saturated carbocycles. The highest BCUT2D eigenvalue weighted by molar-refractivity contribution is 7.81. The van der Waals surface area contributed by atoms with E-state index in [1.54, 1.807) is 6.07 Å². The lowest BCUT2D eigenvalue weighted by molar-refractivity contribution is -0.138. The Morgan fingerprint density at radius 1 is 1.24 bits per heavy atom. The van der Waals surface area contributed by atoms with Crippen LogP contribution in [0.1, 0.15) is 36.9 Å². The van der Waals surface area contributed by atoms with Crippen molar-refractivity contribution in [2.75, 3.05) is 30.0 Å². The van der Waals surface area contributed by atoms with Crippen molar-refractivity contribution in [3.05, 3.63) is 47.8 Å². The van der Waals surface area contributed by atoms with Gasteiger partial charge >= 0.3 is 0 Å². The van der Waals surface area contributed by atoms with Crippen LogP contribution in [0.4, 0.5) is 11.4 Å². The van der Waals surface area contributed by atoms with Crippen molar-refractivity contribution in [3.63, 3.8) is 0 Å². The van der Waals surface area contributed by atoms with Crippen LogP contribution in [0.2, 0.25) is 0 Å². The van der Waals surface area contributed by atoms with E-state index in [1.807, 2.05) is 23.1 Å². The lowest BCUT2D eigenvalue weighted by Gasteiger charge is -2.42. The molecular weight excluding hydrogens is 450 g/mol. The number of amides is 1. The molecule has 2 aromatic rings. The molecule has 9 heteroatoms. The Hall–Kier alpha value is -3.09. The molecule has 0 bridgehead atoms. The van der Waals surface area contributed by atoms with Gasteiger partial charge in [-0.1, -0.05) is 12.1 Å². The number of ketones is 1. The van der Waals surface area contributed by atoms with Crippen LogP contribution in [0.25, 0.3) is 0 Å². The molecule has 1 N–H and O–H groups in total. The Labute approximate surface area is 204 Å². The third-order valence-corrected chi connectivity index (χ3v) is 7.72. The van der Waals surface area contributed by atoms with Crippen molar-refractivity contribution in [1.82, 2.24) is 10.3 Å². The third-order valence-electron chi connectivity index (χ3n) is 7.26. The van der Waals surface area contributed by atoms with Crippen LogP contribution in [0.5, 0.6) is 5.75 Å². The number of hydrogen-bond donors (Lipinski definition) is 2. The van der Waals surface area contributed by atoms with Gasteiger partial charge < -0.3 is 15.0 Å². The fourth-order valence-electron chi connectivity index (χ4n) is 5.29. The molecule has 2 aliphatic heterocycles. The van der Waals surface area contributed by atoms with Crippen LogP contribution in [-0.2, 0) is 16.0 Å². The Balaban J connectivity index is 1.46. The van der Waals surface area contributed by atoms with Crippen LogP contribution in [0.15, 0.2) is 36.5 Å². The molecule has 2 atom stereocenters. The number of hydrogen-bond acceptors (Lipinski definition) is 8. The fraction of sp³-hybridized carbons (Fsp3) is 0.440. The molecule has 1 aliphatic carbocycles. The number of Topliss-reactive ketones (excluding diaryl/α,β-unsaturated/α-hetero) is 1. The summed E-state index contributed by atoms with van der Waals surface area (Å²) in [5.41, 5.74) is 0.639. The Morgan fingerprint density at radius 2 is 1.97 bits per heavy atom. The number of benzene rings is 1. The zero-order chi connectivity index (χ0) is 23.9. The van der Waals surface area contributed by atoms with Gasteiger partial charge in [0.1, 0.15) is 6.07 Å². The van der Waals surface area contributed by atoms with Gasteiger partial charge in [-0.3, -0.25) is 14.5 Å². The molecule has 1 spiro atoms. The minimum Gasteiger partial charge on any atom is -0.494 e. The number of methoxy groups -OCH3 is 1. The topological polar surface area (TPSA) is 98.6 Å². The highest BCUT2D eigenvalue weighted by Crippen LogP contribution is 2.48. The van der Waals surface area contributed by atoms with Crippen molar-refractivity contribution in [3.8, 4) is 11.8 Å². The second kappa shape index (κ2) is 8.93. The number of nitrogens with one attached hydrogen (secondary N) is 1. The van der Waals surface area contributed by atoms with Gasteiger partial charge in [-0.05, 0) is 62.4 Å². The first-order chi connectivity index (χ1) is 16.5. The number of anilines is 2. The first kappa shape index (κ1) is 22.7. The Morgan fingerprint density at radius 3 is 2.56 bits per heavy atom. The Bertz CT molecular complexity index is 1160. The van der Waals surface area contributed by atoms with Crippen molar-refractivity contribution in [2.45, 2.75) is 43.1 Å². The number of aromatic nitrogens is 1. The number of rotatable bonds is 5. The number of nitriles is 1. The molecule has 2 unspecified atom stereocenters. The summed E-state index contributed by atoms with van der Waals surface area (Å²) < 4.78 is 5.27. The molecule has 34 heavy (non-hydrogen) atoms. The van der Waals surface area contributed by atoms with Crippen LogP contribution >= 0.6 is 12.6 Å². The molecule has 176 valence electrons. The average molecular weight is 478 g/mol. The molecule has 1 amide bonds. The lowest BCUT2D eigenvalue weighted by Crippen LogP contribution is -2.62. The first-order valence-corrected chi connectivity index (χ1v) is 12.1. The van der Waals surface area contributed by atoms with Gasteiger partial charge in [0.25, 0.3) is 5.91 Å². The highest BCUT2D eigenvalue weighted by atomic mass is 32.1. The molecular formula is C25H27N5O3S. The Kier molecular flexibility index (Phi) is 5.96. The quantitative estimate of drug-likeness (QED) is 0.505. The van der Waals surface area contributed by atoms with Crippen LogP contribution in [0.3, 0.4) is 0 Å². The predicted octanol–water partition coefficient (Wildman–Crippen LogP) is 2.67. The SMILES string of the molecule is COc1cc(N2C(=O)C3(CCC3=O)N(c3ccc(CC4CCNCC4)cc3)C2S)cnc1C#N. The van der Waals surface area contributed by atoms with Gasteiger partial charge in [-0.15, -0.1) is 12.6 Å². The van der Waals surface area contributed by atoms with E-state index in [0.29, 0.717) is 24.4 Å². The molecule has 0 radical (unpaired) electrons. The molecule has 2 saturated heterocycles. The summed E-state index contributed by atoms with van der Waals surface area (Å²) >= 11 is 4.79. The lowest BCUT2D eigenvalue weighted by atomic mass is 9.73. The van der Waals surface area contributed by atoms with Crippen molar-refractivity contribution in [2.24, 2.45) is 5.92 Å². The van der Waals surface area contributed by atoms with Crippen LogP contribution in [-0.4, -0.2) is 47.9 Å². The number of piperidine rings is 1. The highest BCUT2D eigenvalue weighted by Gasteiger charge is 2.65. The van der Waals surface area contributed by atoms with E-state index in [0.717, 1.165) is 25.2 Å². The smallest absolute Gasteiger partial charge is 0.263 e. The van der Waals surface area contributed by atoms with E-state index in [9.17, 15) is 14.9 Å². The number of nitrogens with zero attached hydrogens (tertiary/aromatic N) is 4. The predicted molar refractivity (Wildman–Crippen MR) is 131 cm³/mol. The maximum atomic E-state index is 13.7. The second-order valence-electron chi connectivity index (χ2n) is 9.10. The summed E-state index contributed by atoms with van der Waals surface area (Å²) in [6.45, 7) is 2.13. The molecule has 8 nitrogen and oxygen atoms in total. The number of thiol groups is 1. The van der Waals surface area contributed by atoms with E-state index in [4.69, 9.17) is 17.4 Å². The minimum absolute atomic E-state index is 0.105. The molecule has 3 fully saturated rings. The summed E-state index contributed by atoms with van der Waals surface area (Å²) in [5.74, 6) is 0.512. The largest absolute Gasteiger partial charge is 0.494 e. The van der Waals surface area contributed by atoms with E-state index < -0.39 is 11.0 Å². The normalized spacial score (nSPS) is 24.9. The van der Waals surface area contributed by atoms with Gasteiger partial charge in [0.05, 0.1) is 19.0 Å². The van der Waals surface area contributed by atoms with Crippen molar-refractivity contribution in [1.29, 1.82) is 5.26 Å². The number of pyridine rings is 1. The van der Waals surface area contributed by atoms with E-state index in [1.165, 1.54) is 36.6 Å². The molecule has 5 rings (SSSR count). The molecule has 1 aromatic carbocycles. The first-order valence-electron chi connectivity index (χ1n) is 11.6. The molecule has 1 aromatic heterocycles. The van der Waals surface area contributed by atoms with Crippen molar-refractivity contribution < 1.29 is 14.3 Å². The van der Waals surface area contributed by atoms with E-state index in [2.05, 4.69) is 22.4 Å². The number of carbonyl (C=O) groups excluding carboxylic acids is 2. The summed E-state index contributed by atoms with van der Waals surface area (Å²) in [4.78, 5) is 34.0. The summed E-state index contributed by atoms with van der Waals surface area (Å²) in [6.07, 6.45) is 5.63. The average Bonchev–Trinajstić information content (AvgIpc) is 3.11. The van der Waals surface area contributed by atoms with Gasteiger partial charge in [-0.25, -0.2) is 4.98 Å². The number of carbonyl (C=O) groups is 2. The second-order valence-corrected chi connectivity index (χ2v) is 9.56. The fourth-order valence-corrected chi connectivity index (χ4v) is 5.85. The zero-order valence-corrected chi connectivity index (χ0v) is 19.9. The van der Waals surface area contributed by atoms with Gasteiger partial charge in [0, 0.05) is 18.2 Å².